The zero-order valence-corrected chi connectivity index (χ0v) is 15.6. The average molecular weight is 373 g/mol. The van der Waals surface area contributed by atoms with Crippen LogP contribution in [-0.2, 0) is 22.5 Å². The zero-order chi connectivity index (χ0) is 19.8. The van der Waals surface area contributed by atoms with Crippen LogP contribution in [0.15, 0.2) is 29.1 Å². The fourth-order valence-corrected chi connectivity index (χ4v) is 3.12. The van der Waals surface area contributed by atoms with Gasteiger partial charge in [-0.2, -0.15) is 5.10 Å². The summed E-state index contributed by atoms with van der Waals surface area (Å²) in [7, 11) is 0. The van der Waals surface area contributed by atoms with Crippen molar-refractivity contribution in [3.05, 3.63) is 51.7 Å². The molecular weight excluding hydrogens is 350 g/mol. The van der Waals surface area contributed by atoms with Gasteiger partial charge in [0.15, 0.2) is 0 Å². The molecule has 0 bridgehead atoms. The molecule has 2 heterocycles. The molecule has 0 saturated carbocycles. The summed E-state index contributed by atoms with van der Waals surface area (Å²) in [6.07, 6.45) is 1.71. The number of benzene rings is 1. The Morgan fingerprint density at radius 2 is 1.93 bits per heavy atom. The molecule has 0 spiro atoms. The van der Waals surface area contributed by atoms with Gasteiger partial charge in [0.2, 0.25) is 0 Å². The number of aromatic nitrogens is 3. The van der Waals surface area contributed by atoms with Gasteiger partial charge in [-0.05, 0) is 51.3 Å². The number of carboxylic acid groups (broad SMARTS) is 1. The summed E-state index contributed by atoms with van der Waals surface area (Å²) in [4.78, 5) is 36.1. The van der Waals surface area contributed by atoms with Gasteiger partial charge >= 0.3 is 17.6 Å². The lowest BCUT2D eigenvalue weighted by molar-refractivity contribution is -0.141. The SMILES string of the molecule is CC(C)(C)OC(=O)c1ccc(Cn2nc3n(c2=O)C(C(=O)O)CCC3)cc1. The number of rotatable bonds is 4. The zero-order valence-electron chi connectivity index (χ0n) is 15.6. The maximum atomic E-state index is 12.6. The highest BCUT2D eigenvalue weighted by atomic mass is 16.6. The van der Waals surface area contributed by atoms with E-state index in [1.807, 2.05) is 0 Å². The summed E-state index contributed by atoms with van der Waals surface area (Å²) in [5.41, 5.74) is 0.218. The van der Waals surface area contributed by atoms with Crippen molar-refractivity contribution in [1.82, 2.24) is 14.3 Å². The molecule has 2 aromatic rings. The average Bonchev–Trinajstić information content (AvgIpc) is 2.90. The van der Waals surface area contributed by atoms with Gasteiger partial charge in [0.25, 0.3) is 0 Å². The highest BCUT2D eigenvalue weighted by Gasteiger charge is 2.30. The van der Waals surface area contributed by atoms with E-state index in [1.54, 1.807) is 45.0 Å². The second kappa shape index (κ2) is 7.02. The summed E-state index contributed by atoms with van der Waals surface area (Å²) < 4.78 is 7.88. The third-order valence-corrected chi connectivity index (χ3v) is 4.34. The summed E-state index contributed by atoms with van der Waals surface area (Å²) in [6, 6.07) is 5.90. The van der Waals surface area contributed by atoms with Crippen LogP contribution in [0, 0.1) is 0 Å². The Labute approximate surface area is 156 Å². The van der Waals surface area contributed by atoms with Gasteiger partial charge in [-0.25, -0.2) is 19.1 Å². The van der Waals surface area contributed by atoms with E-state index in [9.17, 15) is 19.5 Å². The number of aryl methyl sites for hydroxylation is 1. The molecule has 1 aliphatic rings. The van der Waals surface area contributed by atoms with Crippen molar-refractivity contribution < 1.29 is 19.4 Å². The van der Waals surface area contributed by atoms with Gasteiger partial charge in [0, 0.05) is 6.42 Å². The number of hydrogen-bond donors (Lipinski definition) is 1. The molecule has 8 heteroatoms. The van der Waals surface area contributed by atoms with Crippen molar-refractivity contribution in [2.75, 3.05) is 0 Å². The predicted octanol–water partition coefficient (Wildman–Crippen LogP) is 2.01. The van der Waals surface area contributed by atoms with Crippen LogP contribution in [0.2, 0.25) is 0 Å². The first-order chi connectivity index (χ1) is 12.7. The number of esters is 1. The Kier molecular flexibility index (Phi) is 4.91. The van der Waals surface area contributed by atoms with Crippen LogP contribution in [0.5, 0.6) is 0 Å². The first-order valence-electron chi connectivity index (χ1n) is 8.89. The van der Waals surface area contributed by atoms with Crippen LogP contribution >= 0.6 is 0 Å². The Morgan fingerprint density at radius 3 is 2.52 bits per heavy atom. The topological polar surface area (TPSA) is 103 Å². The molecule has 1 N–H and O–H groups in total. The minimum atomic E-state index is -1.01. The lowest BCUT2D eigenvalue weighted by Gasteiger charge is -2.19. The molecule has 0 aliphatic carbocycles. The molecule has 1 atom stereocenters. The van der Waals surface area contributed by atoms with Crippen molar-refractivity contribution in [3.63, 3.8) is 0 Å². The summed E-state index contributed by atoms with van der Waals surface area (Å²) in [5, 5.41) is 13.6. The lowest BCUT2D eigenvalue weighted by Crippen LogP contribution is -2.34. The molecule has 1 aliphatic heterocycles. The number of ether oxygens (including phenoxy) is 1. The summed E-state index contributed by atoms with van der Waals surface area (Å²) in [6.45, 7) is 5.61. The Balaban J connectivity index is 1.80. The van der Waals surface area contributed by atoms with E-state index in [2.05, 4.69) is 5.10 Å². The fraction of sp³-hybridized carbons (Fsp3) is 0.474. The largest absolute Gasteiger partial charge is 0.480 e. The smallest absolute Gasteiger partial charge is 0.347 e. The molecular formula is C19H23N3O5. The lowest BCUT2D eigenvalue weighted by atomic mass is 10.1. The predicted molar refractivity (Wildman–Crippen MR) is 96.8 cm³/mol. The summed E-state index contributed by atoms with van der Waals surface area (Å²) in [5.74, 6) is -0.920. The van der Waals surface area contributed by atoms with E-state index in [4.69, 9.17) is 4.74 Å². The second-order valence-electron chi connectivity index (χ2n) is 7.67. The molecule has 144 valence electrons. The van der Waals surface area contributed by atoms with Crippen LogP contribution in [0.4, 0.5) is 0 Å². The number of aliphatic carboxylic acids is 1. The quantitative estimate of drug-likeness (QED) is 0.822. The fourth-order valence-electron chi connectivity index (χ4n) is 3.12. The van der Waals surface area contributed by atoms with E-state index < -0.39 is 29.3 Å². The Morgan fingerprint density at radius 1 is 1.26 bits per heavy atom. The highest BCUT2D eigenvalue weighted by molar-refractivity contribution is 5.89. The van der Waals surface area contributed by atoms with E-state index in [0.29, 0.717) is 30.7 Å². The molecule has 1 aromatic heterocycles. The van der Waals surface area contributed by atoms with Crippen molar-refractivity contribution in [3.8, 4) is 0 Å². The molecule has 0 amide bonds. The van der Waals surface area contributed by atoms with Gasteiger partial charge in [-0.15, -0.1) is 0 Å². The first kappa shape index (κ1) is 18.9. The first-order valence-corrected chi connectivity index (χ1v) is 8.89. The molecule has 27 heavy (non-hydrogen) atoms. The normalized spacial score (nSPS) is 16.6. The van der Waals surface area contributed by atoms with Gasteiger partial charge in [0.05, 0.1) is 12.1 Å². The van der Waals surface area contributed by atoms with Crippen LogP contribution in [0.25, 0.3) is 0 Å². The number of carbonyl (C=O) groups excluding carboxylic acids is 1. The van der Waals surface area contributed by atoms with E-state index in [-0.39, 0.29) is 6.54 Å². The number of fused-ring (bicyclic) bond motifs is 1. The third-order valence-electron chi connectivity index (χ3n) is 4.34. The van der Waals surface area contributed by atoms with Crippen molar-refractivity contribution >= 4 is 11.9 Å². The van der Waals surface area contributed by atoms with Crippen molar-refractivity contribution in [2.45, 2.75) is 58.2 Å². The number of hydrogen-bond acceptors (Lipinski definition) is 5. The highest BCUT2D eigenvalue weighted by Crippen LogP contribution is 2.22. The number of carboxylic acids is 1. The molecule has 0 radical (unpaired) electrons. The molecule has 8 nitrogen and oxygen atoms in total. The Hall–Kier alpha value is -2.90. The summed E-state index contributed by atoms with van der Waals surface area (Å²) >= 11 is 0. The standard InChI is InChI=1S/C19H23N3O5/c1-19(2,3)27-17(25)13-9-7-12(8-10-13)11-21-18(26)22-14(16(23)24)5-4-6-15(22)20-21/h7-10,14H,4-6,11H2,1-3H3,(H,23,24). The molecule has 1 unspecified atom stereocenters. The molecule has 0 saturated heterocycles. The maximum Gasteiger partial charge on any atom is 0.347 e. The van der Waals surface area contributed by atoms with Gasteiger partial charge in [0.1, 0.15) is 17.5 Å². The van der Waals surface area contributed by atoms with Crippen LogP contribution in [0.1, 0.15) is 61.4 Å². The number of nitrogens with zero attached hydrogens (tertiary/aromatic N) is 3. The molecule has 3 rings (SSSR count). The van der Waals surface area contributed by atoms with E-state index >= 15 is 0 Å². The minimum absolute atomic E-state index is 0.208. The van der Waals surface area contributed by atoms with Gasteiger partial charge in [-0.3, -0.25) is 4.57 Å². The van der Waals surface area contributed by atoms with Gasteiger partial charge < -0.3 is 9.84 Å². The molecule has 0 fully saturated rings. The molecule has 1 aromatic carbocycles. The maximum absolute atomic E-state index is 12.6. The van der Waals surface area contributed by atoms with Crippen LogP contribution in [0.3, 0.4) is 0 Å². The van der Waals surface area contributed by atoms with Crippen molar-refractivity contribution in [2.24, 2.45) is 0 Å². The van der Waals surface area contributed by atoms with E-state index in [0.717, 1.165) is 5.56 Å². The van der Waals surface area contributed by atoms with Crippen molar-refractivity contribution in [1.29, 1.82) is 0 Å². The monoisotopic (exact) mass is 373 g/mol. The van der Waals surface area contributed by atoms with Crippen LogP contribution in [-0.4, -0.2) is 37.0 Å². The van der Waals surface area contributed by atoms with E-state index in [1.165, 1.54) is 9.25 Å². The number of carbonyl (C=O) groups is 2. The second-order valence-corrected chi connectivity index (χ2v) is 7.67. The van der Waals surface area contributed by atoms with Gasteiger partial charge in [-0.1, -0.05) is 12.1 Å². The third kappa shape index (κ3) is 4.10. The minimum Gasteiger partial charge on any atom is -0.480 e. The Bertz CT molecular complexity index is 918. The van der Waals surface area contributed by atoms with Crippen LogP contribution < -0.4 is 5.69 Å².